The number of pyridine rings is 1. The van der Waals surface area contributed by atoms with Crippen molar-refractivity contribution in [2.75, 3.05) is 19.1 Å². The highest BCUT2D eigenvalue weighted by Gasteiger charge is 2.11. The molecule has 9 heteroatoms. The van der Waals surface area contributed by atoms with E-state index in [9.17, 15) is 4.79 Å². The van der Waals surface area contributed by atoms with Crippen LogP contribution in [0.25, 0.3) is 11.3 Å². The zero-order valence-electron chi connectivity index (χ0n) is 18.6. The lowest BCUT2D eigenvalue weighted by molar-refractivity contribution is 0.0526. The van der Waals surface area contributed by atoms with Gasteiger partial charge in [-0.15, -0.1) is 11.3 Å². The SMILES string of the molecule is CCOC(=O)c1ccnc(Oc2ccc(C=NNc3nc(-c4ccccc4)cs3)cc2OC)c1. The molecule has 4 rings (SSSR count). The molecule has 0 fully saturated rings. The predicted molar refractivity (Wildman–Crippen MR) is 132 cm³/mol. The smallest absolute Gasteiger partial charge is 0.338 e. The van der Waals surface area contributed by atoms with E-state index in [1.165, 1.54) is 23.6 Å². The number of esters is 1. The Kier molecular flexibility index (Phi) is 7.46. The van der Waals surface area contributed by atoms with Crippen LogP contribution in [-0.4, -0.2) is 35.9 Å². The first-order valence-electron chi connectivity index (χ1n) is 10.5. The van der Waals surface area contributed by atoms with Crippen molar-refractivity contribution in [1.29, 1.82) is 0 Å². The van der Waals surface area contributed by atoms with Gasteiger partial charge in [-0.1, -0.05) is 30.3 Å². The number of hydrazone groups is 1. The molecule has 0 aliphatic rings. The van der Waals surface area contributed by atoms with E-state index >= 15 is 0 Å². The predicted octanol–water partition coefficient (Wildman–Crippen LogP) is 5.63. The lowest BCUT2D eigenvalue weighted by atomic mass is 10.2. The van der Waals surface area contributed by atoms with Crippen molar-refractivity contribution in [3.63, 3.8) is 0 Å². The van der Waals surface area contributed by atoms with Gasteiger partial charge in [-0.05, 0) is 36.8 Å². The molecule has 2 heterocycles. The van der Waals surface area contributed by atoms with Gasteiger partial charge in [0.2, 0.25) is 11.0 Å². The first-order chi connectivity index (χ1) is 16.7. The fraction of sp³-hybridized carbons (Fsp3) is 0.120. The van der Waals surface area contributed by atoms with Gasteiger partial charge in [0.25, 0.3) is 0 Å². The molecule has 4 aromatic rings. The van der Waals surface area contributed by atoms with Gasteiger partial charge < -0.3 is 14.2 Å². The number of aromatic nitrogens is 2. The number of hydrogen-bond donors (Lipinski definition) is 1. The highest BCUT2D eigenvalue weighted by molar-refractivity contribution is 7.14. The number of nitrogens with one attached hydrogen (secondary N) is 1. The molecule has 1 N–H and O–H groups in total. The quantitative estimate of drug-likeness (QED) is 0.191. The van der Waals surface area contributed by atoms with E-state index in [0.717, 1.165) is 16.8 Å². The minimum atomic E-state index is -0.433. The van der Waals surface area contributed by atoms with Crippen molar-refractivity contribution in [3.8, 4) is 28.6 Å². The highest BCUT2D eigenvalue weighted by Crippen LogP contribution is 2.31. The minimum Gasteiger partial charge on any atom is -0.493 e. The van der Waals surface area contributed by atoms with Crippen LogP contribution in [0.4, 0.5) is 5.13 Å². The second-order valence-corrected chi connectivity index (χ2v) is 7.75. The molecule has 0 aliphatic heterocycles. The molecule has 0 saturated carbocycles. The van der Waals surface area contributed by atoms with Crippen LogP contribution in [0, 0.1) is 0 Å². The Labute approximate surface area is 200 Å². The van der Waals surface area contributed by atoms with E-state index in [-0.39, 0.29) is 5.88 Å². The van der Waals surface area contributed by atoms with E-state index in [1.54, 1.807) is 38.4 Å². The molecule has 34 heavy (non-hydrogen) atoms. The zero-order chi connectivity index (χ0) is 23.8. The second-order valence-electron chi connectivity index (χ2n) is 6.89. The monoisotopic (exact) mass is 474 g/mol. The van der Waals surface area contributed by atoms with Gasteiger partial charge in [0.05, 0.1) is 31.2 Å². The first kappa shape index (κ1) is 22.9. The van der Waals surface area contributed by atoms with Crippen LogP contribution in [-0.2, 0) is 4.74 Å². The van der Waals surface area contributed by atoms with E-state index in [0.29, 0.717) is 28.8 Å². The van der Waals surface area contributed by atoms with Crippen molar-refractivity contribution in [1.82, 2.24) is 9.97 Å². The van der Waals surface area contributed by atoms with Gasteiger partial charge in [-0.2, -0.15) is 5.10 Å². The number of anilines is 1. The Morgan fingerprint density at radius 1 is 1.12 bits per heavy atom. The van der Waals surface area contributed by atoms with E-state index in [2.05, 4.69) is 20.5 Å². The summed E-state index contributed by atoms with van der Waals surface area (Å²) in [4.78, 5) is 20.6. The van der Waals surface area contributed by atoms with Gasteiger partial charge in [0, 0.05) is 23.2 Å². The number of carbonyl (C=O) groups excluding carboxylic acids is 1. The molecule has 0 bridgehead atoms. The number of methoxy groups -OCH3 is 1. The molecule has 0 atom stereocenters. The summed E-state index contributed by atoms with van der Waals surface area (Å²) in [7, 11) is 1.55. The Hall–Kier alpha value is -4.24. The number of benzene rings is 2. The molecule has 2 aromatic carbocycles. The summed E-state index contributed by atoms with van der Waals surface area (Å²) in [6.45, 7) is 2.04. The standard InChI is InChI=1S/C25H22N4O4S/c1-3-32-24(30)19-11-12-26-23(14-19)33-21-10-9-17(13-22(21)31-2)15-27-29-25-28-20(16-34-25)18-7-5-4-6-8-18/h4-16H,3H2,1-2H3,(H,28,29). The molecular formula is C25H22N4O4S. The van der Waals surface area contributed by atoms with Gasteiger partial charge >= 0.3 is 5.97 Å². The Balaban J connectivity index is 1.42. The van der Waals surface area contributed by atoms with E-state index < -0.39 is 5.97 Å². The van der Waals surface area contributed by atoms with E-state index in [4.69, 9.17) is 14.2 Å². The number of ether oxygens (including phenoxy) is 3. The van der Waals surface area contributed by atoms with Gasteiger partial charge in [-0.3, -0.25) is 5.43 Å². The summed E-state index contributed by atoms with van der Waals surface area (Å²) in [5, 5.41) is 6.94. The highest BCUT2D eigenvalue weighted by atomic mass is 32.1. The molecule has 0 saturated heterocycles. The topological polar surface area (TPSA) is 94.9 Å². The summed E-state index contributed by atoms with van der Waals surface area (Å²) in [6.07, 6.45) is 3.15. The molecule has 2 aromatic heterocycles. The van der Waals surface area contributed by atoms with Crippen molar-refractivity contribution in [3.05, 3.63) is 83.4 Å². The maximum Gasteiger partial charge on any atom is 0.338 e. The zero-order valence-corrected chi connectivity index (χ0v) is 19.4. The number of hydrogen-bond acceptors (Lipinski definition) is 9. The maximum atomic E-state index is 11.9. The summed E-state index contributed by atoms with van der Waals surface area (Å²) in [5.41, 5.74) is 6.06. The van der Waals surface area contributed by atoms with Gasteiger partial charge in [0.1, 0.15) is 0 Å². The van der Waals surface area contributed by atoms with E-state index in [1.807, 2.05) is 41.8 Å². The van der Waals surface area contributed by atoms with Crippen LogP contribution in [0.15, 0.2) is 77.3 Å². The second kappa shape index (κ2) is 11.1. The van der Waals surface area contributed by atoms with Crippen LogP contribution < -0.4 is 14.9 Å². The summed E-state index contributed by atoms with van der Waals surface area (Å²) >= 11 is 1.48. The summed E-state index contributed by atoms with van der Waals surface area (Å²) in [5.74, 6) is 0.767. The van der Waals surface area contributed by atoms with Crippen molar-refractivity contribution in [2.45, 2.75) is 6.92 Å². The number of thiazole rings is 1. The average molecular weight is 475 g/mol. The van der Waals surface area contributed by atoms with Crippen molar-refractivity contribution in [2.24, 2.45) is 5.10 Å². The van der Waals surface area contributed by atoms with Crippen LogP contribution in [0.5, 0.6) is 17.4 Å². The molecule has 0 unspecified atom stereocenters. The van der Waals surface area contributed by atoms with Crippen LogP contribution >= 0.6 is 11.3 Å². The van der Waals surface area contributed by atoms with Crippen LogP contribution in [0.3, 0.4) is 0 Å². The Bertz CT molecular complexity index is 1290. The van der Waals surface area contributed by atoms with Gasteiger partial charge in [0.15, 0.2) is 11.5 Å². The largest absolute Gasteiger partial charge is 0.493 e. The lowest BCUT2D eigenvalue weighted by Crippen LogP contribution is -2.05. The number of rotatable bonds is 9. The van der Waals surface area contributed by atoms with Crippen LogP contribution in [0.1, 0.15) is 22.8 Å². The van der Waals surface area contributed by atoms with Crippen LogP contribution in [0.2, 0.25) is 0 Å². The Morgan fingerprint density at radius 3 is 2.76 bits per heavy atom. The third kappa shape index (κ3) is 5.76. The summed E-state index contributed by atoms with van der Waals surface area (Å²) < 4.78 is 16.3. The van der Waals surface area contributed by atoms with Gasteiger partial charge in [-0.25, -0.2) is 14.8 Å². The lowest BCUT2D eigenvalue weighted by Gasteiger charge is -2.11. The molecule has 172 valence electrons. The normalized spacial score (nSPS) is 10.8. The summed E-state index contributed by atoms with van der Waals surface area (Å²) in [6, 6.07) is 18.4. The maximum absolute atomic E-state index is 11.9. The molecule has 0 aliphatic carbocycles. The number of carbonyl (C=O) groups is 1. The number of nitrogens with zero attached hydrogens (tertiary/aromatic N) is 3. The minimum absolute atomic E-state index is 0.255. The molecular weight excluding hydrogens is 452 g/mol. The fourth-order valence-corrected chi connectivity index (χ4v) is 3.67. The molecule has 0 spiro atoms. The first-order valence-corrected chi connectivity index (χ1v) is 11.3. The van der Waals surface area contributed by atoms with Crippen molar-refractivity contribution >= 4 is 28.7 Å². The third-order valence-electron chi connectivity index (χ3n) is 4.60. The fourth-order valence-electron chi connectivity index (χ4n) is 3.00. The molecule has 0 radical (unpaired) electrons. The molecule has 8 nitrogen and oxygen atoms in total. The van der Waals surface area contributed by atoms with Crippen molar-refractivity contribution < 1.29 is 19.0 Å². The Morgan fingerprint density at radius 2 is 1.97 bits per heavy atom. The third-order valence-corrected chi connectivity index (χ3v) is 5.34. The molecule has 0 amide bonds. The average Bonchev–Trinajstić information content (AvgIpc) is 3.35.